The molecule has 2 aliphatic rings. The number of fused-ring (bicyclic) bond motifs is 1. The number of nitrogens with zero attached hydrogens (tertiary/aromatic N) is 3. The molecule has 0 spiro atoms. The lowest BCUT2D eigenvalue weighted by Gasteiger charge is -2.37. The van der Waals surface area contributed by atoms with Gasteiger partial charge in [-0.1, -0.05) is 29.8 Å². The Morgan fingerprint density at radius 2 is 1.83 bits per heavy atom. The molecule has 160 valence electrons. The van der Waals surface area contributed by atoms with Gasteiger partial charge < -0.3 is 14.9 Å². The molecule has 2 aromatic carbocycles. The molecule has 4 rings (SSSR count). The number of anilines is 2. The van der Waals surface area contributed by atoms with E-state index in [4.69, 9.17) is 11.6 Å². The number of hydrogen-bond donors (Lipinski definition) is 1. The van der Waals surface area contributed by atoms with Crippen molar-refractivity contribution in [3.8, 4) is 0 Å². The average molecular weight is 428 g/mol. The van der Waals surface area contributed by atoms with Crippen LogP contribution in [0, 0.1) is 6.92 Å². The molecule has 1 N–H and O–H groups in total. The third kappa shape index (κ3) is 4.48. The van der Waals surface area contributed by atoms with Crippen molar-refractivity contribution in [3.63, 3.8) is 0 Å². The van der Waals surface area contributed by atoms with Crippen LogP contribution in [0.25, 0.3) is 0 Å². The molecule has 5 nitrogen and oxygen atoms in total. The van der Waals surface area contributed by atoms with Gasteiger partial charge in [0.15, 0.2) is 0 Å². The fraction of sp³-hybridized carbons (Fsp3) is 0.458. The molecule has 2 aliphatic heterocycles. The number of amides is 1. The summed E-state index contributed by atoms with van der Waals surface area (Å²) in [6, 6.07) is 12.1. The molecule has 6 heteroatoms. The number of rotatable bonds is 4. The third-order valence-electron chi connectivity index (χ3n) is 6.30. The van der Waals surface area contributed by atoms with E-state index >= 15 is 0 Å². The molecule has 1 fully saturated rings. The van der Waals surface area contributed by atoms with Gasteiger partial charge in [0, 0.05) is 62.6 Å². The minimum atomic E-state index is -0.525. The minimum absolute atomic E-state index is 0.0806. The van der Waals surface area contributed by atoms with E-state index in [1.165, 1.54) is 11.3 Å². The van der Waals surface area contributed by atoms with Crippen molar-refractivity contribution in [2.75, 3.05) is 49.1 Å². The number of β-amino-alcohol motifs (C(OH)–C–C–N with tert-alkyl or cyclic N) is 1. The van der Waals surface area contributed by atoms with Crippen LogP contribution in [0.2, 0.25) is 5.02 Å². The summed E-state index contributed by atoms with van der Waals surface area (Å²) >= 11 is 6.19. The van der Waals surface area contributed by atoms with Crippen LogP contribution in [0.4, 0.5) is 11.4 Å². The maximum atomic E-state index is 11.9. The number of piperazine rings is 1. The Balaban J connectivity index is 1.38. The SMILES string of the molecule is CC(=O)N1CCCc2cc([C@@H](O)CN3CCN(c4cc(Cl)ccc4C)CC3)ccc21. The zero-order chi connectivity index (χ0) is 21.3. The monoisotopic (exact) mass is 427 g/mol. The van der Waals surface area contributed by atoms with Crippen LogP contribution in [0.1, 0.15) is 36.1 Å². The van der Waals surface area contributed by atoms with Gasteiger partial charge in [0.1, 0.15) is 0 Å². The first kappa shape index (κ1) is 21.2. The quantitative estimate of drug-likeness (QED) is 0.806. The molecule has 2 heterocycles. The molecular weight excluding hydrogens is 398 g/mol. The first-order valence-electron chi connectivity index (χ1n) is 10.7. The molecule has 1 saturated heterocycles. The summed E-state index contributed by atoms with van der Waals surface area (Å²) in [6.45, 7) is 8.79. The second kappa shape index (κ2) is 8.96. The standard InChI is InChI=1S/C24H30ClN3O2/c1-17-5-7-21(25)15-23(17)27-12-10-26(11-13-27)16-24(30)20-6-8-22-19(14-20)4-3-9-28(22)18(2)29/h5-8,14-15,24,30H,3-4,9-13,16H2,1-2H3/t24-/m0/s1. The molecule has 0 unspecified atom stereocenters. The van der Waals surface area contributed by atoms with E-state index in [-0.39, 0.29) is 5.91 Å². The molecular formula is C24H30ClN3O2. The normalized spacial score (nSPS) is 18.3. The van der Waals surface area contributed by atoms with Crippen molar-refractivity contribution in [1.82, 2.24) is 4.90 Å². The van der Waals surface area contributed by atoms with E-state index in [1.54, 1.807) is 6.92 Å². The van der Waals surface area contributed by atoms with Crippen molar-refractivity contribution in [2.45, 2.75) is 32.8 Å². The van der Waals surface area contributed by atoms with E-state index in [1.807, 2.05) is 29.2 Å². The highest BCUT2D eigenvalue weighted by molar-refractivity contribution is 6.30. The van der Waals surface area contributed by atoms with Crippen LogP contribution in [0.3, 0.4) is 0 Å². The van der Waals surface area contributed by atoms with Gasteiger partial charge in [-0.15, -0.1) is 0 Å². The molecule has 2 aromatic rings. The van der Waals surface area contributed by atoms with Gasteiger partial charge >= 0.3 is 0 Å². The summed E-state index contributed by atoms with van der Waals surface area (Å²) < 4.78 is 0. The zero-order valence-corrected chi connectivity index (χ0v) is 18.5. The van der Waals surface area contributed by atoms with Crippen LogP contribution in [0.15, 0.2) is 36.4 Å². The Bertz CT molecular complexity index is 925. The molecule has 0 aliphatic carbocycles. The highest BCUT2D eigenvalue weighted by atomic mass is 35.5. The number of carbonyl (C=O) groups excluding carboxylic acids is 1. The van der Waals surface area contributed by atoms with Gasteiger partial charge in [-0.25, -0.2) is 0 Å². The number of carbonyl (C=O) groups is 1. The Labute approximate surface area is 183 Å². The number of benzene rings is 2. The summed E-state index contributed by atoms with van der Waals surface area (Å²) in [4.78, 5) is 18.4. The van der Waals surface area contributed by atoms with Gasteiger partial charge in [-0.3, -0.25) is 9.69 Å². The summed E-state index contributed by atoms with van der Waals surface area (Å²) in [6.07, 6.45) is 1.40. The topological polar surface area (TPSA) is 47.0 Å². The maximum absolute atomic E-state index is 11.9. The molecule has 0 bridgehead atoms. The van der Waals surface area contributed by atoms with Crippen LogP contribution < -0.4 is 9.80 Å². The van der Waals surface area contributed by atoms with Gasteiger partial charge in [0.25, 0.3) is 0 Å². The molecule has 0 aromatic heterocycles. The zero-order valence-electron chi connectivity index (χ0n) is 17.8. The number of aliphatic hydroxyl groups excluding tert-OH is 1. The largest absolute Gasteiger partial charge is 0.387 e. The van der Waals surface area contributed by atoms with Crippen LogP contribution in [-0.4, -0.2) is 55.2 Å². The number of aliphatic hydroxyl groups is 1. The lowest BCUT2D eigenvalue weighted by Crippen LogP contribution is -2.47. The Kier molecular flexibility index (Phi) is 6.32. The Morgan fingerprint density at radius 1 is 1.07 bits per heavy atom. The second-order valence-corrected chi connectivity index (χ2v) is 8.83. The van der Waals surface area contributed by atoms with Crippen molar-refractivity contribution >= 4 is 28.9 Å². The number of halogens is 1. The first-order valence-corrected chi connectivity index (χ1v) is 11.1. The summed E-state index contributed by atoms with van der Waals surface area (Å²) in [5, 5.41) is 11.6. The number of aryl methyl sites for hydroxylation is 2. The van der Waals surface area contributed by atoms with Crippen molar-refractivity contribution in [3.05, 3.63) is 58.1 Å². The minimum Gasteiger partial charge on any atom is -0.387 e. The van der Waals surface area contributed by atoms with E-state index in [0.717, 1.165) is 67.4 Å². The van der Waals surface area contributed by atoms with Crippen LogP contribution >= 0.6 is 11.6 Å². The lowest BCUT2D eigenvalue weighted by molar-refractivity contribution is -0.116. The van der Waals surface area contributed by atoms with Crippen LogP contribution in [0.5, 0.6) is 0 Å². The molecule has 1 amide bonds. The highest BCUT2D eigenvalue weighted by Crippen LogP contribution is 2.31. The smallest absolute Gasteiger partial charge is 0.223 e. The summed E-state index contributed by atoms with van der Waals surface area (Å²) in [5.41, 5.74) is 5.53. The molecule has 1 atom stereocenters. The predicted molar refractivity (Wildman–Crippen MR) is 123 cm³/mol. The van der Waals surface area contributed by atoms with Gasteiger partial charge in [-0.2, -0.15) is 0 Å². The van der Waals surface area contributed by atoms with Gasteiger partial charge in [0.05, 0.1) is 6.10 Å². The van der Waals surface area contributed by atoms with Gasteiger partial charge in [-0.05, 0) is 54.7 Å². The summed E-state index contributed by atoms with van der Waals surface area (Å²) in [7, 11) is 0. The predicted octanol–water partition coefficient (Wildman–Crippen LogP) is 3.80. The van der Waals surface area contributed by atoms with Crippen molar-refractivity contribution in [2.24, 2.45) is 0 Å². The molecule has 0 radical (unpaired) electrons. The Morgan fingerprint density at radius 3 is 2.57 bits per heavy atom. The Hall–Kier alpha value is -2.08. The second-order valence-electron chi connectivity index (χ2n) is 8.40. The molecule has 0 saturated carbocycles. The first-order chi connectivity index (χ1) is 14.4. The van der Waals surface area contributed by atoms with Crippen molar-refractivity contribution < 1.29 is 9.90 Å². The fourth-order valence-corrected chi connectivity index (χ4v) is 4.76. The molecule has 30 heavy (non-hydrogen) atoms. The van der Waals surface area contributed by atoms with Crippen molar-refractivity contribution in [1.29, 1.82) is 0 Å². The van der Waals surface area contributed by atoms with E-state index < -0.39 is 6.10 Å². The van der Waals surface area contributed by atoms with E-state index in [0.29, 0.717) is 6.54 Å². The van der Waals surface area contributed by atoms with Crippen LogP contribution in [-0.2, 0) is 11.2 Å². The highest BCUT2D eigenvalue weighted by Gasteiger charge is 2.24. The summed E-state index contributed by atoms with van der Waals surface area (Å²) in [5.74, 6) is 0.0806. The van der Waals surface area contributed by atoms with E-state index in [9.17, 15) is 9.90 Å². The fourth-order valence-electron chi connectivity index (χ4n) is 4.60. The van der Waals surface area contributed by atoms with Gasteiger partial charge in [0.2, 0.25) is 5.91 Å². The number of hydrogen-bond acceptors (Lipinski definition) is 4. The third-order valence-corrected chi connectivity index (χ3v) is 6.54. The average Bonchev–Trinajstić information content (AvgIpc) is 2.75. The lowest BCUT2D eigenvalue weighted by atomic mass is 9.97. The van der Waals surface area contributed by atoms with E-state index in [2.05, 4.69) is 28.9 Å². The maximum Gasteiger partial charge on any atom is 0.223 e.